The molecule has 0 atom stereocenters. The van der Waals surface area contributed by atoms with Gasteiger partial charge in [0.2, 0.25) is 11.7 Å². The number of nitrogens with one attached hydrogen (secondary N) is 2. The van der Waals surface area contributed by atoms with Gasteiger partial charge in [0.15, 0.2) is 5.96 Å². The lowest BCUT2D eigenvalue weighted by Gasteiger charge is -2.09. The number of hydrogen-bond donors (Lipinski definition) is 2. The molecule has 2 N–H and O–H groups in total. The molecule has 0 aliphatic carbocycles. The van der Waals surface area contributed by atoms with Crippen molar-refractivity contribution in [3.63, 3.8) is 0 Å². The summed E-state index contributed by atoms with van der Waals surface area (Å²) < 4.78 is 5.31. The van der Waals surface area contributed by atoms with Crippen LogP contribution in [0.15, 0.2) is 58.0 Å². The number of guanidine groups is 1. The number of benzene rings is 2. The van der Waals surface area contributed by atoms with Crippen LogP contribution >= 0.6 is 35.6 Å². The average molecular weight is 512 g/mol. The second kappa shape index (κ2) is 11.0. The maximum absolute atomic E-state index is 5.91. The Kier molecular flexibility index (Phi) is 8.72. The first-order valence-electron chi connectivity index (χ1n) is 8.80. The minimum atomic E-state index is 0. The molecular weight excluding hydrogens is 489 g/mol. The number of nitrogens with zero attached hydrogens (tertiary/aromatic N) is 3. The monoisotopic (exact) mass is 511 g/mol. The number of aryl methyl sites for hydroxylation is 1. The van der Waals surface area contributed by atoms with Crippen molar-refractivity contribution >= 4 is 41.5 Å². The number of aromatic nitrogens is 2. The van der Waals surface area contributed by atoms with E-state index in [0.29, 0.717) is 35.8 Å². The third-order valence-electron chi connectivity index (χ3n) is 3.86. The van der Waals surface area contributed by atoms with Crippen LogP contribution in [0.5, 0.6) is 0 Å². The van der Waals surface area contributed by atoms with Gasteiger partial charge in [-0.2, -0.15) is 4.98 Å². The third-order valence-corrected chi connectivity index (χ3v) is 4.11. The van der Waals surface area contributed by atoms with Gasteiger partial charge >= 0.3 is 0 Å². The molecule has 0 saturated heterocycles. The van der Waals surface area contributed by atoms with Gasteiger partial charge in [-0.1, -0.05) is 46.6 Å². The summed E-state index contributed by atoms with van der Waals surface area (Å²) in [5.41, 5.74) is 3.25. The standard InChI is InChI=1S/C20H22ClN5O.HI/c1-3-22-20(23-12-15-6-4-14(2)5-7-15)24-13-18-25-19(26-27-18)16-8-10-17(21)11-9-16;/h4-11H,3,12-13H2,1-2H3,(H2,22,23,24);1H. The molecule has 1 aromatic heterocycles. The highest BCUT2D eigenvalue weighted by Gasteiger charge is 2.09. The zero-order valence-electron chi connectivity index (χ0n) is 15.8. The topological polar surface area (TPSA) is 75.3 Å². The van der Waals surface area contributed by atoms with Crippen LogP contribution < -0.4 is 10.6 Å². The van der Waals surface area contributed by atoms with Crippen LogP contribution in [0.1, 0.15) is 23.9 Å². The molecule has 0 aliphatic rings. The molecule has 1 heterocycles. The lowest BCUT2D eigenvalue weighted by molar-refractivity contribution is 0.375. The zero-order chi connectivity index (χ0) is 19.1. The Morgan fingerprint density at radius 3 is 2.46 bits per heavy atom. The van der Waals surface area contributed by atoms with Gasteiger partial charge in [0, 0.05) is 17.1 Å². The van der Waals surface area contributed by atoms with Crippen molar-refractivity contribution in [2.75, 3.05) is 6.54 Å². The van der Waals surface area contributed by atoms with Crippen molar-refractivity contribution in [1.29, 1.82) is 0 Å². The Morgan fingerprint density at radius 2 is 1.79 bits per heavy atom. The van der Waals surface area contributed by atoms with E-state index < -0.39 is 0 Å². The maximum atomic E-state index is 5.91. The summed E-state index contributed by atoms with van der Waals surface area (Å²) in [5, 5.41) is 11.1. The fraction of sp³-hybridized carbons (Fsp3) is 0.250. The molecule has 0 amide bonds. The Hall–Kier alpha value is -2.13. The molecule has 0 bridgehead atoms. The Balaban J connectivity index is 0.00000280. The van der Waals surface area contributed by atoms with Gasteiger partial charge in [0.1, 0.15) is 0 Å². The van der Waals surface area contributed by atoms with E-state index in [1.54, 1.807) is 12.1 Å². The molecule has 3 aromatic rings. The van der Waals surface area contributed by atoms with Crippen LogP contribution in [0.2, 0.25) is 5.02 Å². The van der Waals surface area contributed by atoms with Crippen molar-refractivity contribution in [2.24, 2.45) is 4.99 Å². The Bertz CT molecular complexity index is 894. The molecule has 28 heavy (non-hydrogen) atoms. The molecule has 8 heteroatoms. The van der Waals surface area contributed by atoms with Crippen LogP contribution in [0.3, 0.4) is 0 Å². The summed E-state index contributed by atoms with van der Waals surface area (Å²) in [7, 11) is 0. The van der Waals surface area contributed by atoms with E-state index in [9.17, 15) is 0 Å². The summed E-state index contributed by atoms with van der Waals surface area (Å²) >= 11 is 5.91. The third kappa shape index (κ3) is 6.49. The minimum absolute atomic E-state index is 0. The molecule has 0 unspecified atom stereocenters. The molecule has 0 saturated carbocycles. The van der Waals surface area contributed by atoms with Crippen LogP contribution in [0.4, 0.5) is 0 Å². The molecule has 148 valence electrons. The van der Waals surface area contributed by atoms with Crippen molar-refractivity contribution in [2.45, 2.75) is 26.9 Å². The largest absolute Gasteiger partial charge is 0.357 e. The van der Waals surface area contributed by atoms with Crippen LogP contribution in [-0.2, 0) is 13.1 Å². The maximum Gasteiger partial charge on any atom is 0.246 e. The van der Waals surface area contributed by atoms with Crippen LogP contribution in [0, 0.1) is 6.92 Å². The Morgan fingerprint density at radius 1 is 1.07 bits per heavy atom. The van der Waals surface area contributed by atoms with E-state index in [2.05, 4.69) is 57.0 Å². The number of aliphatic imine (C=N–C) groups is 1. The molecule has 0 fully saturated rings. The van der Waals surface area contributed by atoms with E-state index >= 15 is 0 Å². The molecule has 3 rings (SSSR count). The molecule has 0 radical (unpaired) electrons. The van der Waals surface area contributed by atoms with Gasteiger partial charge in [0.05, 0.1) is 13.1 Å². The smallest absolute Gasteiger partial charge is 0.246 e. The second-order valence-electron chi connectivity index (χ2n) is 6.05. The van der Waals surface area contributed by atoms with Crippen molar-refractivity contribution in [3.05, 3.63) is 70.6 Å². The van der Waals surface area contributed by atoms with E-state index in [1.165, 1.54) is 5.56 Å². The Labute approximate surface area is 186 Å². The predicted octanol–water partition coefficient (Wildman–Crippen LogP) is 4.57. The minimum Gasteiger partial charge on any atom is -0.357 e. The summed E-state index contributed by atoms with van der Waals surface area (Å²) in [4.78, 5) is 9.00. The van der Waals surface area contributed by atoms with Crippen molar-refractivity contribution in [3.8, 4) is 11.4 Å². The second-order valence-corrected chi connectivity index (χ2v) is 6.49. The quantitative estimate of drug-likeness (QED) is 0.288. The van der Waals surface area contributed by atoms with Gasteiger partial charge < -0.3 is 15.2 Å². The summed E-state index contributed by atoms with van der Waals surface area (Å²) in [6.45, 7) is 5.84. The van der Waals surface area contributed by atoms with Crippen LogP contribution in [0.25, 0.3) is 11.4 Å². The molecule has 0 spiro atoms. The van der Waals surface area contributed by atoms with E-state index in [1.807, 2.05) is 19.1 Å². The molecule has 0 aliphatic heterocycles. The van der Waals surface area contributed by atoms with Crippen molar-refractivity contribution < 1.29 is 4.52 Å². The van der Waals surface area contributed by atoms with Crippen molar-refractivity contribution in [1.82, 2.24) is 20.8 Å². The fourth-order valence-corrected chi connectivity index (χ4v) is 2.53. The highest BCUT2D eigenvalue weighted by atomic mass is 127. The van der Waals surface area contributed by atoms with E-state index in [4.69, 9.17) is 16.1 Å². The number of hydrogen-bond acceptors (Lipinski definition) is 4. The predicted molar refractivity (Wildman–Crippen MR) is 123 cm³/mol. The summed E-state index contributed by atoms with van der Waals surface area (Å²) in [6, 6.07) is 15.6. The SMILES string of the molecule is CCNC(=NCc1ccc(C)cc1)NCc1nc(-c2ccc(Cl)cc2)no1.I. The first kappa shape index (κ1) is 22.2. The van der Waals surface area contributed by atoms with Gasteiger partial charge in [-0.15, -0.1) is 24.0 Å². The fourth-order valence-electron chi connectivity index (χ4n) is 2.41. The lowest BCUT2D eigenvalue weighted by Crippen LogP contribution is -2.36. The number of rotatable bonds is 6. The molecule has 2 aromatic carbocycles. The number of halogens is 2. The van der Waals surface area contributed by atoms with Gasteiger partial charge in [-0.05, 0) is 43.7 Å². The summed E-state index contributed by atoms with van der Waals surface area (Å²) in [6.07, 6.45) is 0. The first-order chi connectivity index (χ1) is 13.1. The molecule has 6 nitrogen and oxygen atoms in total. The van der Waals surface area contributed by atoms with E-state index in [-0.39, 0.29) is 24.0 Å². The van der Waals surface area contributed by atoms with E-state index in [0.717, 1.165) is 17.7 Å². The normalized spacial score (nSPS) is 11.0. The molecular formula is C20H23ClIN5O. The highest BCUT2D eigenvalue weighted by Crippen LogP contribution is 2.18. The first-order valence-corrected chi connectivity index (χ1v) is 9.18. The van der Waals surface area contributed by atoms with Gasteiger partial charge in [0.25, 0.3) is 0 Å². The highest BCUT2D eigenvalue weighted by molar-refractivity contribution is 14.0. The lowest BCUT2D eigenvalue weighted by atomic mass is 10.1. The average Bonchev–Trinajstić information content (AvgIpc) is 3.15. The summed E-state index contributed by atoms with van der Waals surface area (Å²) in [5.74, 6) is 1.72. The van der Waals surface area contributed by atoms with Gasteiger partial charge in [-0.3, -0.25) is 0 Å². The van der Waals surface area contributed by atoms with Crippen LogP contribution in [-0.4, -0.2) is 22.6 Å². The van der Waals surface area contributed by atoms with Gasteiger partial charge in [-0.25, -0.2) is 4.99 Å². The zero-order valence-corrected chi connectivity index (χ0v) is 18.9.